The van der Waals surface area contributed by atoms with Crippen LogP contribution in [0.4, 0.5) is 0 Å². The van der Waals surface area contributed by atoms with Gasteiger partial charge in [-0.25, -0.2) is 0 Å². The van der Waals surface area contributed by atoms with E-state index in [0.717, 1.165) is 19.6 Å². The SMILES string of the molecule is CO[C@@H](C)c1noc(CN(Cc2ccsc2)[C@H]2CC23CCNCC3)n1. The van der Waals surface area contributed by atoms with Gasteiger partial charge in [0.25, 0.3) is 0 Å². The lowest BCUT2D eigenvalue weighted by Crippen LogP contribution is -2.35. The molecule has 2 aliphatic rings. The Kier molecular flexibility index (Phi) is 4.90. The second-order valence-corrected chi connectivity index (χ2v) is 8.07. The van der Waals surface area contributed by atoms with Gasteiger partial charge in [0.05, 0.1) is 6.54 Å². The summed E-state index contributed by atoms with van der Waals surface area (Å²) in [5.41, 5.74) is 1.86. The van der Waals surface area contributed by atoms with Crippen molar-refractivity contribution >= 4 is 11.3 Å². The summed E-state index contributed by atoms with van der Waals surface area (Å²) in [5.74, 6) is 1.31. The maximum Gasteiger partial charge on any atom is 0.240 e. The van der Waals surface area contributed by atoms with Crippen molar-refractivity contribution < 1.29 is 9.26 Å². The normalized spacial score (nSPS) is 23.2. The zero-order valence-electron chi connectivity index (χ0n) is 14.9. The first-order valence-electron chi connectivity index (χ1n) is 9.01. The van der Waals surface area contributed by atoms with E-state index in [1.165, 1.54) is 24.8 Å². The van der Waals surface area contributed by atoms with E-state index in [0.29, 0.717) is 29.7 Å². The molecule has 0 unspecified atom stereocenters. The van der Waals surface area contributed by atoms with E-state index in [2.05, 4.69) is 37.2 Å². The number of ether oxygens (including phenoxy) is 1. The number of nitrogens with zero attached hydrogens (tertiary/aromatic N) is 3. The summed E-state index contributed by atoms with van der Waals surface area (Å²) in [6, 6.07) is 2.83. The van der Waals surface area contributed by atoms with Crippen LogP contribution >= 0.6 is 11.3 Å². The third kappa shape index (κ3) is 3.65. The van der Waals surface area contributed by atoms with Crippen LogP contribution in [0.2, 0.25) is 0 Å². The van der Waals surface area contributed by atoms with Crippen molar-refractivity contribution in [3.8, 4) is 0 Å². The van der Waals surface area contributed by atoms with Crippen molar-refractivity contribution in [2.45, 2.75) is 51.4 Å². The minimum Gasteiger partial charge on any atom is -0.374 e. The first kappa shape index (κ1) is 17.1. The standard InChI is InChI=1S/C18H26N4O2S/c1-13(23-2)17-20-16(24-21-17)11-22(10-14-3-8-25-12-14)15-9-18(15)4-6-19-7-5-18/h3,8,12-13,15,19H,4-7,9-11H2,1-2H3/t13-,15-/m0/s1. The molecule has 1 aliphatic heterocycles. The van der Waals surface area contributed by atoms with Crippen LogP contribution in [0.3, 0.4) is 0 Å². The summed E-state index contributed by atoms with van der Waals surface area (Å²) in [6.07, 6.45) is 3.69. The number of methoxy groups -OCH3 is 1. The molecule has 1 N–H and O–H groups in total. The van der Waals surface area contributed by atoms with Gasteiger partial charge in [-0.1, -0.05) is 5.16 Å². The highest BCUT2D eigenvalue weighted by atomic mass is 32.1. The molecular formula is C18H26N4O2S. The summed E-state index contributed by atoms with van der Waals surface area (Å²) >= 11 is 1.75. The number of nitrogens with one attached hydrogen (secondary N) is 1. The van der Waals surface area contributed by atoms with Gasteiger partial charge in [0.1, 0.15) is 6.10 Å². The molecule has 1 aliphatic carbocycles. The molecule has 0 amide bonds. The molecule has 2 fully saturated rings. The van der Waals surface area contributed by atoms with Gasteiger partial charge in [0.2, 0.25) is 5.89 Å². The van der Waals surface area contributed by atoms with Crippen LogP contribution in [0.15, 0.2) is 21.3 Å². The lowest BCUT2D eigenvalue weighted by atomic mass is 9.93. The largest absolute Gasteiger partial charge is 0.374 e. The van der Waals surface area contributed by atoms with E-state index in [1.807, 2.05) is 6.92 Å². The number of hydrogen-bond acceptors (Lipinski definition) is 7. The van der Waals surface area contributed by atoms with E-state index in [9.17, 15) is 0 Å². The van der Waals surface area contributed by atoms with E-state index in [1.54, 1.807) is 18.4 Å². The number of thiophene rings is 1. The molecule has 1 saturated heterocycles. The predicted octanol–water partition coefficient (Wildman–Crippen LogP) is 2.98. The van der Waals surface area contributed by atoms with E-state index in [4.69, 9.17) is 9.26 Å². The second kappa shape index (κ2) is 7.15. The van der Waals surface area contributed by atoms with Crippen LogP contribution in [-0.2, 0) is 17.8 Å². The Labute approximate surface area is 152 Å². The lowest BCUT2D eigenvalue weighted by Gasteiger charge is -2.28. The van der Waals surface area contributed by atoms with Crippen LogP contribution in [0.1, 0.15) is 49.6 Å². The van der Waals surface area contributed by atoms with Crippen molar-refractivity contribution in [2.75, 3.05) is 20.2 Å². The van der Waals surface area contributed by atoms with Crippen LogP contribution in [-0.4, -0.2) is 41.3 Å². The summed E-state index contributed by atoms with van der Waals surface area (Å²) in [5, 5.41) is 11.9. The quantitative estimate of drug-likeness (QED) is 0.817. The van der Waals surface area contributed by atoms with E-state index < -0.39 is 0 Å². The Bertz CT molecular complexity index is 681. The fraction of sp³-hybridized carbons (Fsp3) is 0.667. The zero-order valence-corrected chi connectivity index (χ0v) is 15.7. The van der Waals surface area contributed by atoms with Crippen molar-refractivity contribution in [3.05, 3.63) is 34.1 Å². The fourth-order valence-electron chi connectivity index (χ4n) is 3.97. The molecule has 0 radical (unpaired) electrons. The summed E-state index contributed by atoms with van der Waals surface area (Å²) < 4.78 is 10.8. The Morgan fingerprint density at radius 3 is 3.00 bits per heavy atom. The van der Waals surface area contributed by atoms with Gasteiger partial charge >= 0.3 is 0 Å². The van der Waals surface area contributed by atoms with Crippen LogP contribution < -0.4 is 5.32 Å². The molecule has 25 heavy (non-hydrogen) atoms. The average molecular weight is 362 g/mol. The topological polar surface area (TPSA) is 63.4 Å². The summed E-state index contributed by atoms with van der Waals surface area (Å²) in [7, 11) is 1.66. The first-order valence-corrected chi connectivity index (χ1v) is 9.95. The Hall–Kier alpha value is -1.28. The van der Waals surface area contributed by atoms with Gasteiger partial charge in [0, 0.05) is 19.7 Å². The number of piperidine rings is 1. The van der Waals surface area contributed by atoms with Gasteiger partial charge in [-0.3, -0.25) is 4.90 Å². The smallest absolute Gasteiger partial charge is 0.240 e. The minimum absolute atomic E-state index is 0.139. The molecule has 1 saturated carbocycles. The number of rotatable bonds is 7. The van der Waals surface area contributed by atoms with Crippen molar-refractivity contribution in [1.82, 2.24) is 20.4 Å². The second-order valence-electron chi connectivity index (χ2n) is 7.29. The van der Waals surface area contributed by atoms with Crippen molar-refractivity contribution in [3.63, 3.8) is 0 Å². The Balaban J connectivity index is 1.49. The van der Waals surface area contributed by atoms with Gasteiger partial charge in [-0.05, 0) is 67.1 Å². The van der Waals surface area contributed by atoms with Crippen LogP contribution in [0.25, 0.3) is 0 Å². The molecule has 2 aromatic heterocycles. The Morgan fingerprint density at radius 1 is 1.44 bits per heavy atom. The van der Waals surface area contributed by atoms with Crippen molar-refractivity contribution in [2.24, 2.45) is 5.41 Å². The summed E-state index contributed by atoms with van der Waals surface area (Å²) in [6.45, 7) is 5.86. The van der Waals surface area contributed by atoms with Crippen LogP contribution in [0.5, 0.6) is 0 Å². The van der Waals surface area contributed by atoms with Gasteiger partial charge in [0.15, 0.2) is 5.82 Å². The Morgan fingerprint density at radius 2 is 2.28 bits per heavy atom. The van der Waals surface area contributed by atoms with Gasteiger partial charge < -0.3 is 14.6 Å². The highest BCUT2D eigenvalue weighted by Crippen LogP contribution is 2.56. The summed E-state index contributed by atoms with van der Waals surface area (Å²) in [4.78, 5) is 7.07. The number of aromatic nitrogens is 2. The fourth-order valence-corrected chi connectivity index (χ4v) is 4.63. The molecule has 1 spiro atoms. The average Bonchev–Trinajstić information content (AvgIpc) is 3.03. The van der Waals surface area contributed by atoms with Crippen LogP contribution in [0, 0.1) is 5.41 Å². The first-order chi connectivity index (χ1) is 12.2. The molecule has 7 heteroatoms. The molecule has 0 bridgehead atoms. The molecule has 2 atom stereocenters. The lowest BCUT2D eigenvalue weighted by molar-refractivity contribution is 0.109. The van der Waals surface area contributed by atoms with Gasteiger partial charge in [-0.15, -0.1) is 0 Å². The van der Waals surface area contributed by atoms with E-state index >= 15 is 0 Å². The van der Waals surface area contributed by atoms with Gasteiger partial charge in [-0.2, -0.15) is 16.3 Å². The molecule has 4 rings (SSSR count). The predicted molar refractivity (Wildman–Crippen MR) is 96.2 cm³/mol. The molecule has 136 valence electrons. The molecule has 3 heterocycles. The molecular weight excluding hydrogens is 336 g/mol. The monoisotopic (exact) mass is 362 g/mol. The highest BCUT2D eigenvalue weighted by Gasteiger charge is 2.56. The maximum atomic E-state index is 5.50. The van der Waals surface area contributed by atoms with Crippen molar-refractivity contribution in [1.29, 1.82) is 0 Å². The highest BCUT2D eigenvalue weighted by molar-refractivity contribution is 7.07. The zero-order chi connectivity index (χ0) is 17.3. The molecule has 6 nitrogen and oxygen atoms in total. The maximum absolute atomic E-state index is 5.50. The number of hydrogen-bond donors (Lipinski definition) is 1. The third-order valence-electron chi connectivity index (χ3n) is 5.69. The molecule has 2 aromatic rings. The van der Waals surface area contributed by atoms with E-state index in [-0.39, 0.29) is 6.10 Å². The third-order valence-corrected chi connectivity index (χ3v) is 6.42. The minimum atomic E-state index is -0.139. The molecule has 0 aromatic carbocycles.